The van der Waals surface area contributed by atoms with Crippen LogP contribution in [0.25, 0.3) is 11.3 Å². The highest BCUT2D eigenvalue weighted by Crippen LogP contribution is 2.39. The number of hydrogen-bond acceptors (Lipinski definition) is 3. The first-order valence-corrected chi connectivity index (χ1v) is 9.10. The van der Waals surface area contributed by atoms with Crippen molar-refractivity contribution in [3.63, 3.8) is 0 Å². The van der Waals surface area contributed by atoms with Gasteiger partial charge < -0.3 is 0 Å². The minimum atomic E-state index is 0.213. The highest BCUT2D eigenvalue weighted by atomic mass is 79.9. The zero-order valence-electron chi connectivity index (χ0n) is 12.8. The maximum Gasteiger partial charge on any atom is 0.110 e. The average molecular weight is 365 g/mol. The molecule has 1 aromatic carbocycles. The van der Waals surface area contributed by atoms with E-state index < -0.39 is 0 Å². The molecule has 1 aliphatic heterocycles. The second-order valence-electron chi connectivity index (χ2n) is 6.60. The van der Waals surface area contributed by atoms with Crippen LogP contribution in [-0.4, -0.2) is 22.0 Å². The fourth-order valence-corrected chi connectivity index (χ4v) is 4.26. The average Bonchev–Trinajstić information content (AvgIpc) is 3.07. The molecule has 21 heavy (non-hydrogen) atoms. The molecule has 0 radical (unpaired) electrons. The van der Waals surface area contributed by atoms with Gasteiger partial charge in [0.25, 0.3) is 0 Å². The van der Waals surface area contributed by atoms with E-state index in [-0.39, 0.29) is 5.54 Å². The number of nitrogens with zero attached hydrogens (tertiary/aromatic N) is 2. The summed E-state index contributed by atoms with van der Waals surface area (Å²) >= 11 is 5.28. The molecule has 0 spiro atoms. The summed E-state index contributed by atoms with van der Waals surface area (Å²) in [6.45, 7) is 8.08. The first kappa shape index (κ1) is 15.2. The van der Waals surface area contributed by atoms with Crippen LogP contribution < -0.4 is 0 Å². The molecule has 3 rings (SSSR count). The van der Waals surface area contributed by atoms with Gasteiger partial charge in [0.05, 0.1) is 11.7 Å². The molecule has 0 aliphatic carbocycles. The van der Waals surface area contributed by atoms with E-state index in [0.717, 1.165) is 10.2 Å². The number of aromatic nitrogens is 1. The lowest BCUT2D eigenvalue weighted by atomic mass is 10.0. The van der Waals surface area contributed by atoms with E-state index in [1.807, 2.05) is 0 Å². The molecule has 1 saturated heterocycles. The molecule has 2 heterocycles. The molecule has 1 fully saturated rings. The van der Waals surface area contributed by atoms with E-state index in [0.29, 0.717) is 6.04 Å². The van der Waals surface area contributed by atoms with Gasteiger partial charge in [0.1, 0.15) is 5.01 Å². The molecule has 1 aromatic heterocycles. The molecule has 0 bridgehead atoms. The molecule has 0 amide bonds. The van der Waals surface area contributed by atoms with Crippen LogP contribution in [-0.2, 0) is 0 Å². The molecular formula is C17H21BrN2S. The van der Waals surface area contributed by atoms with Crippen LogP contribution in [0.5, 0.6) is 0 Å². The Kier molecular flexibility index (Phi) is 4.21. The zero-order chi connectivity index (χ0) is 15.0. The van der Waals surface area contributed by atoms with Gasteiger partial charge in [-0.25, -0.2) is 4.98 Å². The zero-order valence-corrected chi connectivity index (χ0v) is 15.2. The molecule has 4 heteroatoms. The fraction of sp³-hybridized carbons (Fsp3) is 0.471. The Bertz CT molecular complexity index is 612. The van der Waals surface area contributed by atoms with Gasteiger partial charge in [0.15, 0.2) is 0 Å². The highest BCUT2D eigenvalue weighted by Gasteiger charge is 2.35. The van der Waals surface area contributed by atoms with E-state index in [1.54, 1.807) is 11.3 Å². The maximum absolute atomic E-state index is 4.92. The van der Waals surface area contributed by atoms with Crippen molar-refractivity contribution in [1.82, 2.24) is 9.88 Å². The first-order valence-electron chi connectivity index (χ1n) is 7.43. The Morgan fingerprint density at radius 2 is 1.95 bits per heavy atom. The minimum Gasteiger partial charge on any atom is -0.289 e. The Labute approximate surface area is 139 Å². The normalized spacial score (nSPS) is 20.1. The summed E-state index contributed by atoms with van der Waals surface area (Å²) in [5.41, 5.74) is 2.51. The SMILES string of the molecule is CC(C)(C)N1CCCC1c1nc(-c2ccc(Br)cc2)cs1. The van der Waals surface area contributed by atoms with Crippen molar-refractivity contribution in [3.8, 4) is 11.3 Å². The smallest absolute Gasteiger partial charge is 0.110 e. The second-order valence-corrected chi connectivity index (χ2v) is 8.41. The summed E-state index contributed by atoms with van der Waals surface area (Å²) < 4.78 is 1.11. The van der Waals surface area contributed by atoms with Crippen LogP contribution in [0.4, 0.5) is 0 Å². The predicted molar refractivity (Wildman–Crippen MR) is 93.7 cm³/mol. The Morgan fingerprint density at radius 3 is 2.62 bits per heavy atom. The largest absolute Gasteiger partial charge is 0.289 e. The molecule has 0 N–H and O–H groups in total. The molecule has 0 saturated carbocycles. The van der Waals surface area contributed by atoms with Gasteiger partial charge >= 0.3 is 0 Å². The molecule has 2 aromatic rings. The van der Waals surface area contributed by atoms with Gasteiger partial charge in [-0.05, 0) is 52.3 Å². The van der Waals surface area contributed by atoms with Crippen LogP contribution in [0.15, 0.2) is 34.1 Å². The minimum absolute atomic E-state index is 0.213. The standard InChI is InChI=1S/C17H21BrN2S/c1-17(2,3)20-10-4-5-15(20)16-19-14(11-21-16)12-6-8-13(18)9-7-12/h6-9,11,15H,4-5,10H2,1-3H3. The first-order chi connectivity index (χ1) is 9.95. The van der Waals surface area contributed by atoms with E-state index in [2.05, 4.69) is 71.2 Å². The Morgan fingerprint density at radius 1 is 1.24 bits per heavy atom. The van der Waals surface area contributed by atoms with Crippen LogP contribution in [0.1, 0.15) is 44.7 Å². The number of likely N-dealkylation sites (tertiary alicyclic amines) is 1. The van der Waals surface area contributed by atoms with Gasteiger partial charge in [-0.3, -0.25) is 4.90 Å². The van der Waals surface area contributed by atoms with Gasteiger partial charge in [-0.1, -0.05) is 28.1 Å². The summed E-state index contributed by atoms with van der Waals surface area (Å²) in [6.07, 6.45) is 2.50. The molecule has 1 atom stereocenters. The summed E-state index contributed by atoms with van der Waals surface area (Å²) in [5.74, 6) is 0. The highest BCUT2D eigenvalue weighted by molar-refractivity contribution is 9.10. The van der Waals surface area contributed by atoms with Crippen molar-refractivity contribution >= 4 is 27.3 Å². The van der Waals surface area contributed by atoms with Crippen molar-refractivity contribution in [2.24, 2.45) is 0 Å². The third kappa shape index (κ3) is 3.22. The van der Waals surface area contributed by atoms with Gasteiger partial charge in [0.2, 0.25) is 0 Å². The van der Waals surface area contributed by atoms with Crippen molar-refractivity contribution in [3.05, 3.63) is 39.1 Å². The van der Waals surface area contributed by atoms with Crippen LogP contribution in [0.3, 0.4) is 0 Å². The molecule has 112 valence electrons. The monoisotopic (exact) mass is 364 g/mol. The number of thiazole rings is 1. The van der Waals surface area contributed by atoms with Crippen molar-refractivity contribution in [2.45, 2.75) is 45.2 Å². The van der Waals surface area contributed by atoms with E-state index >= 15 is 0 Å². The Hall–Kier alpha value is -0.710. The summed E-state index contributed by atoms with van der Waals surface area (Å²) in [4.78, 5) is 7.51. The summed E-state index contributed by atoms with van der Waals surface area (Å²) in [6, 6.07) is 8.88. The number of hydrogen-bond donors (Lipinski definition) is 0. The van der Waals surface area contributed by atoms with Gasteiger partial charge in [-0.2, -0.15) is 0 Å². The molecule has 2 nitrogen and oxygen atoms in total. The summed E-state index contributed by atoms with van der Waals surface area (Å²) in [7, 11) is 0. The van der Waals surface area contributed by atoms with Crippen molar-refractivity contribution < 1.29 is 0 Å². The Balaban J connectivity index is 1.86. The third-order valence-corrected chi connectivity index (χ3v) is 5.54. The van der Waals surface area contributed by atoms with Crippen LogP contribution in [0.2, 0.25) is 0 Å². The fourth-order valence-electron chi connectivity index (χ4n) is 3.02. The molecule has 1 aliphatic rings. The van der Waals surface area contributed by atoms with Crippen LogP contribution in [0, 0.1) is 0 Å². The lowest BCUT2D eigenvalue weighted by molar-refractivity contribution is 0.121. The van der Waals surface area contributed by atoms with E-state index in [9.17, 15) is 0 Å². The lowest BCUT2D eigenvalue weighted by Gasteiger charge is -2.36. The second kappa shape index (κ2) is 5.82. The topological polar surface area (TPSA) is 16.1 Å². The number of benzene rings is 1. The van der Waals surface area contributed by atoms with Gasteiger partial charge in [0, 0.05) is 21.0 Å². The maximum atomic E-state index is 4.92. The van der Waals surface area contributed by atoms with Gasteiger partial charge in [-0.15, -0.1) is 11.3 Å². The quantitative estimate of drug-likeness (QED) is 0.698. The predicted octanol–water partition coefficient (Wildman–Crippen LogP) is 5.51. The summed E-state index contributed by atoms with van der Waals surface area (Å²) in [5, 5.41) is 3.46. The molecule has 1 unspecified atom stereocenters. The van der Waals surface area contributed by atoms with E-state index in [4.69, 9.17) is 4.98 Å². The van der Waals surface area contributed by atoms with Crippen molar-refractivity contribution in [1.29, 1.82) is 0 Å². The third-order valence-electron chi connectivity index (χ3n) is 4.06. The van der Waals surface area contributed by atoms with Crippen molar-refractivity contribution in [2.75, 3.05) is 6.54 Å². The number of halogens is 1. The van der Waals surface area contributed by atoms with E-state index in [1.165, 1.54) is 30.0 Å². The lowest BCUT2D eigenvalue weighted by Crippen LogP contribution is -2.40. The van der Waals surface area contributed by atoms with Crippen LogP contribution >= 0.6 is 27.3 Å². The molecular weight excluding hydrogens is 344 g/mol. The number of rotatable bonds is 2.